The van der Waals surface area contributed by atoms with Crippen molar-refractivity contribution in [2.45, 2.75) is 144 Å². The van der Waals surface area contributed by atoms with E-state index in [1.165, 1.54) is 68.2 Å². The number of nitrogens with one attached hydrogen (secondary N) is 3. The second-order valence-electron chi connectivity index (χ2n) is 30.7. The Kier molecular flexibility index (Phi) is 36.5. The van der Waals surface area contributed by atoms with Gasteiger partial charge in [0, 0.05) is 88.1 Å². The van der Waals surface area contributed by atoms with Gasteiger partial charge in [0.05, 0.1) is 45.3 Å². The molecule has 626 valence electrons. The number of aromatic nitrogens is 1. The molecular formula is C104H120N6O10. The zero-order valence-electron chi connectivity index (χ0n) is 70.5. The molecule has 0 saturated carbocycles. The minimum Gasteiger partial charge on any atom is -0.489 e. The smallest absolute Gasteiger partial charge is 0.216 e. The quantitative estimate of drug-likeness (QED) is 0.0234. The summed E-state index contributed by atoms with van der Waals surface area (Å²) in [5.41, 5.74) is 21.5. The Hall–Kier alpha value is -11.7. The summed E-state index contributed by atoms with van der Waals surface area (Å²) in [6, 6.07) is 93.6. The summed E-state index contributed by atoms with van der Waals surface area (Å²) in [5, 5.41) is 64.8. The first-order chi connectivity index (χ1) is 58.6. The van der Waals surface area contributed by atoms with Crippen molar-refractivity contribution in [1.82, 2.24) is 20.5 Å². The number of para-hydroxylation sites is 1. The molecule has 0 unspecified atom stereocenters. The molecule has 1 saturated heterocycles. The van der Waals surface area contributed by atoms with Crippen LogP contribution in [0.1, 0.15) is 144 Å². The lowest BCUT2D eigenvalue weighted by Crippen LogP contribution is -2.44. The van der Waals surface area contributed by atoms with Crippen molar-refractivity contribution in [3.8, 4) is 28.4 Å². The van der Waals surface area contributed by atoms with Gasteiger partial charge in [0.25, 0.3) is 0 Å². The average Bonchev–Trinajstić information content (AvgIpc) is 1.11. The molecule has 16 nitrogen and oxygen atoms in total. The van der Waals surface area contributed by atoms with Gasteiger partial charge < -0.3 is 70.4 Å². The molecule has 1 aromatic heterocycles. The van der Waals surface area contributed by atoms with Crippen LogP contribution in [0.2, 0.25) is 0 Å². The highest BCUT2D eigenvalue weighted by atomic mass is 16.5. The summed E-state index contributed by atoms with van der Waals surface area (Å²) in [7, 11) is 2.16. The molecule has 16 heteroatoms. The summed E-state index contributed by atoms with van der Waals surface area (Å²) < 4.78 is 11.6. The Balaban J connectivity index is 0.000000152. The maximum absolute atomic E-state index is 11.2. The molecule has 12 aromatic carbocycles. The molecular weight excluding hydrogens is 1490 g/mol. The number of rotatable bonds is 27. The number of amides is 2. The fourth-order valence-corrected chi connectivity index (χ4v) is 15.0. The van der Waals surface area contributed by atoms with Gasteiger partial charge in [-0.1, -0.05) is 220 Å². The lowest BCUT2D eigenvalue weighted by molar-refractivity contribution is -0.119. The van der Waals surface area contributed by atoms with Crippen molar-refractivity contribution in [2.75, 3.05) is 62.7 Å². The first-order valence-electron chi connectivity index (χ1n) is 42.1. The second kappa shape index (κ2) is 48.4. The van der Waals surface area contributed by atoms with Gasteiger partial charge in [-0.05, 0) is 244 Å². The first kappa shape index (κ1) is 90.6. The Morgan fingerprint density at radius 3 is 1.72 bits per heavy atom. The van der Waals surface area contributed by atoms with E-state index in [1.807, 2.05) is 171 Å². The largest absolute Gasteiger partial charge is 0.489 e. The summed E-state index contributed by atoms with van der Waals surface area (Å²) in [6.07, 6.45) is 10.3. The number of fused-ring (bicyclic) bond motifs is 3. The lowest BCUT2D eigenvalue weighted by Gasteiger charge is -2.33. The van der Waals surface area contributed by atoms with Gasteiger partial charge in [0.2, 0.25) is 11.8 Å². The van der Waals surface area contributed by atoms with Crippen molar-refractivity contribution in [3.63, 3.8) is 0 Å². The van der Waals surface area contributed by atoms with Crippen molar-refractivity contribution >= 4 is 50.6 Å². The third-order valence-electron chi connectivity index (χ3n) is 21.5. The van der Waals surface area contributed by atoms with Crippen LogP contribution < -0.4 is 29.9 Å². The van der Waals surface area contributed by atoms with E-state index in [1.54, 1.807) is 6.92 Å². The summed E-state index contributed by atoms with van der Waals surface area (Å²) in [5.74, 6) is 3.42. The predicted octanol–water partition coefficient (Wildman–Crippen LogP) is 19.7. The van der Waals surface area contributed by atoms with E-state index in [9.17, 15) is 35.1 Å². The van der Waals surface area contributed by atoms with Crippen molar-refractivity contribution < 1.29 is 49.7 Å². The standard InChI is InChI=1S/C21H25NO2.C21H21NO2.C18H22O2.C16H19NO.C14H19N3O.C14H14O2/c2*1-15(24)22-10-9-19-13-20(17-5-3-2-4-6-17)12-18-8-7-16(14-23)11-21(18)19;1-2-3-9-17-12-16(13-19)10-11-18(17)20-14-15-7-5-4-6-8-15;1-2-11-17(15-8-4-3-5-9-15)16-10-6-7-14(12-16)13-18;1-16-4-6-17(7-5-16)14-9-15-13-3-2-11(10-18)8-12(13)14;1-11-5-7-13(8-6-11)16-14-4-2-3-12(9-14)10-15/h2-8,11,19-20,23H,9-10,12-14H2,1H3,(H,22,24);2-8,11-13,23H,9-10,14H2,1H3,(H,22,24);4-8,10-12,19H,2-3,9,13-14H2,1H3;3-10,12,18H,2,11,13H2,1H3;2-3,8-9,15,18H,4-7,10H2,1H3;2-9,15H,10H2,1H3/t19-,20-;;;;;/m0...../s1. The number of carbonyl (C=O) groups excluding carboxylic acids is 2. The van der Waals surface area contributed by atoms with Gasteiger partial charge in [0.1, 0.15) is 23.9 Å². The number of hydrogen-bond acceptors (Lipinski definition) is 13. The van der Waals surface area contributed by atoms with Crippen molar-refractivity contribution in [1.29, 1.82) is 0 Å². The molecule has 9 N–H and O–H groups in total. The molecule has 1 aliphatic carbocycles. The zero-order chi connectivity index (χ0) is 84.8. The number of anilines is 3. The Labute approximate surface area is 709 Å². The molecule has 120 heavy (non-hydrogen) atoms. The second-order valence-corrected chi connectivity index (χ2v) is 30.7. The van der Waals surface area contributed by atoms with E-state index in [0.29, 0.717) is 31.5 Å². The molecule has 1 fully saturated rings. The van der Waals surface area contributed by atoms with Gasteiger partial charge in [-0.25, -0.2) is 0 Å². The van der Waals surface area contributed by atoms with E-state index in [4.69, 9.17) is 14.6 Å². The zero-order valence-corrected chi connectivity index (χ0v) is 70.5. The van der Waals surface area contributed by atoms with Gasteiger partial charge in [-0.15, -0.1) is 0 Å². The van der Waals surface area contributed by atoms with Crippen LogP contribution in [0.5, 0.6) is 17.2 Å². The maximum atomic E-state index is 11.2. The molecule has 2 heterocycles. The van der Waals surface area contributed by atoms with Gasteiger partial charge in [0.15, 0.2) is 0 Å². The fourth-order valence-electron chi connectivity index (χ4n) is 15.0. The number of hydrogen-bond donors (Lipinski definition) is 9. The minimum absolute atomic E-state index is 0.0189. The van der Waals surface area contributed by atoms with Crippen LogP contribution in [0.15, 0.2) is 285 Å². The number of aryl methyl sites for hydroxylation is 2. The van der Waals surface area contributed by atoms with Crippen molar-refractivity contribution in [2.24, 2.45) is 0 Å². The first-order valence-corrected chi connectivity index (χ1v) is 42.1. The number of nitrogens with zero attached hydrogens (tertiary/aromatic N) is 3. The Bertz CT molecular complexity index is 5230. The highest BCUT2D eigenvalue weighted by Crippen LogP contribution is 2.42. The third-order valence-corrected chi connectivity index (χ3v) is 21.5. The Morgan fingerprint density at radius 2 is 1.06 bits per heavy atom. The molecule has 15 rings (SSSR count). The Morgan fingerprint density at radius 1 is 0.492 bits per heavy atom. The van der Waals surface area contributed by atoms with Gasteiger partial charge in [-0.3, -0.25) is 9.59 Å². The van der Waals surface area contributed by atoms with Crippen LogP contribution in [-0.4, -0.2) is 105 Å². The molecule has 2 amide bonds. The summed E-state index contributed by atoms with van der Waals surface area (Å²) in [6.45, 7) is 17.1. The minimum atomic E-state index is -0.0189. The van der Waals surface area contributed by atoms with Gasteiger partial charge in [-0.2, -0.15) is 0 Å². The number of benzene rings is 12. The topological polar surface area (TPSA) is 224 Å². The average molecular weight is 1610 g/mol. The number of likely N-dealkylation sites (N-methyl/N-ethyl adjacent to an activating group) is 1. The number of piperazine rings is 1. The SMILES string of the molecule is CC(=O)NCC[C@H]1C[C@@H](c2ccccc2)Cc2ccc(CO)cc21.CC(=O)NCCc1cc(-c2ccccc2)cc2ccc(CO)cc12.CCCCc1cc(CO)ccc1OCc1ccccc1.CCCN(c1ccccc1)c1cccc(CO)c1.CN1CCN(c2c[nH]c3ccc(CO)cc23)CC1.Cc1ccc(Oc2cccc(CO)c2)cc1. The molecule has 0 spiro atoms. The molecule has 0 radical (unpaired) electrons. The van der Waals surface area contributed by atoms with Crippen LogP contribution in [0.25, 0.3) is 32.8 Å². The van der Waals surface area contributed by atoms with Crippen LogP contribution in [0, 0.1) is 6.92 Å². The molecule has 0 bridgehead atoms. The summed E-state index contributed by atoms with van der Waals surface area (Å²) >= 11 is 0. The number of carbonyl (C=O) groups is 2. The van der Waals surface area contributed by atoms with Crippen LogP contribution in [0.4, 0.5) is 17.1 Å². The van der Waals surface area contributed by atoms with Crippen LogP contribution in [-0.2, 0) is 75.1 Å². The van der Waals surface area contributed by atoms with Crippen molar-refractivity contribution in [3.05, 3.63) is 358 Å². The van der Waals surface area contributed by atoms with E-state index < -0.39 is 0 Å². The number of ether oxygens (including phenoxy) is 2. The van der Waals surface area contributed by atoms with E-state index >= 15 is 0 Å². The van der Waals surface area contributed by atoms with Gasteiger partial charge >= 0.3 is 0 Å². The molecule has 2 atom stereocenters. The predicted molar refractivity (Wildman–Crippen MR) is 489 cm³/mol. The molecule has 13 aromatic rings. The lowest BCUT2D eigenvalue weighted by atomic mass is 9.73. The maximum Gasteiger partial charge on any atom is 0.216 e. The third kappa shape index (κ3) is 28.0. The van der Waals surface area contributed by atoms with E-state index in [0.717, 1.165) is 162 Å². The van der Waals surface area contributed by atoms with Crippen LogP contribution in [0.3, 0.4) is 0 Å². The number of aliphatic hydroxyl groups excluding tert-OH is 6. The highest BCUT2D eigenvalue weighted by Gasteiger charge is 2.28. The van der Waals surface area contributed by atoms with E-state index in [2.05, 4.69) is 173 Å². The number of unbranched alkanes of at least 4 members (excludes halogenated alkanes) is 1. The number of aliphatic hydroxyl groups is 6. The van der Waals surface area contributed by atoms with Crippen LogP contribution >= 0.6 is 0 Å². The summed E-state index contributed by atoms with van der Waals surface area (Å²) in [4.78, 5) is 32.7. The number of H-pyrrole nitrogens is 1. The molecule has 2 aliphatic rings. The highest BCUT2D eigenvalue weighted by molar-refractivity contribution is 5.94. The monoisotopic (exact) mass is 1610 g/mol. The number of aromatic amines is 1. The van der Waals surface area contributed by atoms with E-state index in [-0.39, 0.29) is 51.5 Å². The fraction of sp³-hybridized carbons (Fsp3) is 0.288. The normalized spacial score (nSPS) is 13.3. The molecule has 1 aliphatic heterocycles.